The summed E-state index contributed by atoms with van der Waals surface area (Å²) in [4.78, 5) is 8.29. The van der Waals surface area contributed by atoms with Crippen molar-refractivity contribution in [2.75, 3.05) is 13.6 Å². The summed E-state index contributed by atoms with van der Waals surface area (Å²) in [5.41, 5.74) is 2.38. The normalized spacial score (nSPS) is 12.4. The molecule has 7 heteroatoms. The van der Waals surface area contributed by atoms with Crippen LogP contribution in [-0.2, 0) is 13.1 Å². The number of rotatable bonds is 8. The highest BCUT2D eigenvalue weighted by Gasteiger charge is 2.06. The van der Waals surface area contributed by atoms with E-state index in [0.717, 1.165) is 12.1 Å². The summed E-state index contributed by atoms with van der Waals surface area (Å²) in [5, 5.41) is 6.51. The number of ether oxygens (including phenoxy) is 1. The molecular formula is C22H26FN5O. The summed E-state index contributed by atoms with van der Waals surface area (Å²) in [7, 11) is 1.72. The van der Waals surface area contributed by atoms with Gasteiger partial charge in [-0.25, -0.2) is 9.37 Å². The van der Waals surface area contributed by atoms with E-state index in [0.29, 0.717) is 24.8 Å². The van der Waals surface area contributed by atoms with Gasteiger partial charge in [-0.2, -0.15) is 0 Å². The maximum Gasteiger partial charge on any atom is 0.191 e. The Balaban J connectivity index is 1.42. The highest BCUT2D eigenvalue weighted by atomic mass is 19.1. The fourth-order valence-electron chi connectivity index (χ4n) is 2.81. The van der Waals surface area contributed by atoms with Crippen molar-refractivity contribution in [2.45, 2.75) is 26.1 Å². The zero-order valence-corrected chi connectivity index (χ0v) is 16.7. The van der Waals surface area contributed by atoms with E-state index in [4.69, 9.17) is 4.74 Å². The van der Waals surface area contributed by atoms with Crippen LogP contribution < -0.4 is 15.4 Å². The molecule has 0 amide bonds. The smallest absolute Gasteiger partial charge is 0.191 e. The van der Waals surface area contributed by atoms with Crippen molar-refractivity contribution in [1.29, 1.82) is 0 Å². The summed E-state index contributed by atoms with van der Waals surface area (Å²) in [5.74, 6) is 0.886. The number of aromatic nitrogens is 2. The largest absolute Gasteiger partial charge is 0.489 e. The predicted octanol–water partition coefficient (Wildman–Crippen LogP) is 3.20. The van der Waals surface area contributed by atoms with Crippen LogP contribution in [0.25, 0.3) is 0 Å². The molecule has 0 aliphatic rings. The van der Waals surface area contributed by atoms with E-state index < -0.39 is 0 Å². The van der Waals surface area contributed by atoms with Crippen molar-refractivity contribution in [2.24, 2.45) is 4.99 Å². The fraction of sp³-hybridized carbons (Fsp3) is 0.273. The Morgan fingerprint density at radius 3 is 2.66 bits per heavy atom. The molecule has 1 aromatic heterocycles. The van der Waals surface area contributed by atoms with Gasteiger partial charge in [0, 0.05) is 38.6 Å². The van der Waals surface area contributed by atoms with Crippen molar-refractivity contribution in [3.63, 3.8) is 0 Å². The van der Waals surface area contributed by atoms with Crippen molar-refractivity contribution < 1.29 is 9.13 Å². The third-order valence-electron chi connectivity index (χ3n) is 4.32. The van der Waals surface area contributed by atoms with Gasteiger partial charge in [-0.05, 0) is 30.2 Å². The minimum absolute atomic E-state index is 0.141. The molecule has 3 aromatic rings. The molecule has 1 unspecified atom stereocenters. The van der Waals surface area contributed by atoms with E-state index in [1.165, 1.54) is 17.7 Å². The second-order valence-electron chi connectivity index (χ2n) is 6.74. The van der Waals surface area contributed by atoms with Crippen LogP contribution in [0.5, 0.6) is 5.75 Å². The lowest BCUT2D eigenvalue weighted by molar-refractivity contribution is 0.223. The van der Waals surface area contributed by atoms with Crippen LogP contribution >= 0.6 is 0 Å². The van der Waals surface area contributed by atoms with E-state index in [1.54, 1.807) is 25.4 Å². The highest BCUT2D eigenvalue weighted by molar-refractivity contribution is 5.79. The molecular weight excluding hydrogens is 369 g/mol. The Labute approximate surface area is 170 Å². The number of guanidine groups is 1. The number of halogens is 1. The number of benzene rings is 2. The lowest BCUT2D eigenvalue weighted by Crippen LogP contribution is -2.41. The van der Waals surface area contributed by atoms with Crippen LogP contribution in [0, 0.1) is 5.82 Å². The Bertz CT molecular complexity index is 909. The van der Waals surface area contributed by atoms with Crippen LogP contribution in [0.2, 0.25) is 0 Å². The third kappa shape index (κ3) is 6.64. The van der Waals surface area contributed by atoms with E-state index in [1.807, 2.05) is 24.0 Å². The molecule has 2 N–H and O–H groups in total. The lowest BCUT2D eigenvalue weighted by Gasteiger charge is -2.18. The molecule has 0 radical (unpaired) electrons. The number of imidazole rings is 1. The molecule has 0 spiro atoms. The molecule has 0 aliphatic heterocycles. The summed E-state index contributed by atoms with van der Waals surface area (Å²) in [6.07, 6.45) is 5.40. The van der Waals surface area contributed by atoms with Gasteiger partial charge in [0.25, 0.3) is 0 Å². The van der Waals surface area contributed by atoms with Crippen LogP contribution in [0.15, 0.2) is 72.2 Å². The van der Waals surface area contributed by atoms with Crippen molar-refractivity contribution in [3.8, 4) is 5.75 Å². The molecule has 152 valence electrons. The van der Waals surface area contributed by atoms with Crippen LogP contribution in [0.1, 0.15) is 18.1 Å². The lowest BCUT2D eigenvalue weighted by atomic mass is 10.1. The number of hydrogen-bond donors (Lipinski definition) is 2. The first-order chi connectivity index (χ1) is 14.1. The summed E-state index contributed by atoms with van der Waals surface area (Å²) < 4.78 is 21.0. The molecule has 2 aromatic carbocycles. The number of nitrogens with one attached hydrogen (secondary N) is 2. The minimum Gasteiger partial charge on any atom is -0.489 e. The van der Waals surface area contributed by atoms with E-state index in [-0.39, 0.29) is 11.9 Å². The molecule has 0 aliphatic carbocycles. The molecule has 0 saturated carbocycles. The van der Waals surface area contributed by atoms with Gasteiger partial charge in [-0.15, -0.1) is 0 Å². The molecule has 3 rings (SSSR count). The first-order valence-corrected chi connectivity index (χ1v) is 9.52. The van der Waals surface area contributed by atoms with Gasteiger partial charge >= 0.3 is 0 Å². The van der Waals surface area contributed by atoms with Gasteiger partial charge in [0.1, 0.15) is 17.7 Å². The van der Waals surface area contributed by atoms with Gasteiger partial charge in [-0.1, -0.05) is 30.3 Å². The molecule has 0 fully saturated rings. The van der Waals surface area contributed by atoms with Crippen LogP contribution in [0.4, 0.5) is 4.39 Å². The highest BCUT2D eigenvalue weighted by Crippen LogP contribution is 2.13. The number of aliphatic imine (C=N–C) groups is 1. The molecule has 1 atom stereocenters. The number of nitrogens with zero attached hydrogens (tertiary/aromatic N) is 3. The molecule has 0 saturated heterocycles. The SMILES string of the molecule is CN=C(NCc1ccc(Cn2ccnc2)cc1)NCC(C)Oc1cccc(F)c1. The minimum atomic E-state index is -0.309. The van der Waals surface area contributed by atoms with Gasteiger partial charge < -0.3 is 19.9 Å². The average Bonchev–Trinajstić information content (AvgIpc) is 3.22. The maximum absolute atomic E-state index is 13.2. The third-order valence-corrected chi connectivity index (χ3v) is 4.32. The molecule has 0 bridgehead atoms. The predicted molar refractivity (Wildman–Crippen MR) is 112 cm³/mol. The Morgan fingerprint density at radius 1 is 1.17 bits per heavy atom. The van der Waals surface area contributed by atoms with Crippen LogP contribution in [-0.4, -0.2) is 35.2 Å². The van der Waals surface area contributed by atoms with E-state index >= 15 is 0 Å². The summed E-state index contributed by atoms with van der Waals surface area (Å²) >= 11 is 0. The second kappa shape index (κ2) is 10.3. The standard InChI is InChI=1S/C22H26FN5O/c1-17(29-21-5-3-4-20(23)12-21)13-26-22(24-2)27-14-18-6-8-19(9-7-18)15-28-11-10-25-16-28/h3-12,16-17H,13-15H2,1-2H3,(H2,24,26,27). The Kier molecular flexibility index (Phi) is 7.22. The summed E-state index contributed by atoms with van der Waals surface area (Å²) in [6.45, 7) is 3.93. The number of hydrogen-bond acceptors (Lipinski definition) is 3. The monoisotopic (exact) mass is 395 g/mol. The first-order valence-electron chi connectivity index (χ1n) is 9.52. The zero-order chi connectivity index (χ0) is 20.5. The van der Waals surface area contributed by atoms with Crippen molar-refractivity contribution in [1.82, 2.24) is 20.2 Å². The Hall–Kier alpha value is -3.35. The van der Waals surface area contributed by atoms with Gasteiger partial charge in [-0.3, -0.25) is 4.99 Å². The first kappa shape index (κ1) is 20.4. The Morgan fingerprint density at radius 2 is 1.97 bits per heavy atom. The van der Waals surface area contributed by atoms with Gasteiger partial charge in [0.15, 0.2) is 5.96 Å². The molecule has 29 heavy (non-hydrogen) atoms. The molecule has 1 heterocycles. The summed E-state index contributed by atoms with van der Waals surface area (Å²) in [6, 6.07) is 14.6. The van der Waals surface area contributed by atoms with Crippen LogP contribution in [0.3, 0.4) is 0 Å². The second-order valence-corrected chi connectivity index (χ2v) is 6.74. The van der Waals surface area contributed by atoms with E-state index in [9.17, 15) is 4.39 Å². The fourth-order valence-corrected chi connectivity index (χ4v) is 2.81. The van der Waals surface area contributed by atoms with Crippen molar-refractivity contribution >= 4 is 5.96 Å². The topological polar surface area (TPSA) is 63.5 Å². The maximum atomic E-state index is 13.2. The van der Waals surface area contributed by atoms with Crippen molar-refractivity contribution in [3.05, 3.63) is 84.2 Å². The average molecular weight is 395 g/mol. The van der Waals surface area contributed by atoms with E-state index in [2.05, 4.69) is 44.9 Å². The molecule has 6 nitrogen and oxygen atoms in total. The van der Waals surface area contributed by atoms with Gasteiger partial charge in [0.2, 0.25) is 0 Å². The quantitative estimate of drug-likeness (QED) is 0.454. The van der Waals surface area contributed by atoms with Gasteiger partial charge in [0.05, 0.1) is 12.9 Å². The zero-order valence-electron chi connectivity index (χ0n) is 16.7.